The van der Waals surface area contributed by atoms with E-state index in [1.165, 1.54) is 6.07 Å². The van der Waals surface area contributed by atoms with Gasteiger partial charge in [-0.3, -0.25) is 14.7 Å². The number of fused-ring (bicyclic) bond motifs is 2. The largest absolute Gasteiger partial charge is 0.355 e. The van der Waals surface area contributed by atoms with Crippen LogP contribution in [0.15, 0.2) is 65.6 Å². The van der Waals surface area contributed by atoms with Crippen molar-refractivity contribution in [3.8, 4) is 22.4 Å². The molecule has 0 bridgehead atoms. The third kappa shape index (κ3) is 3.15. The van der Waals surface area contributed by atoms with E-state index in [0.29, 0.717) is 38.4 Å². The van der Waals surface area contributed by atoms with Gasteiger partial charge in [-0.1, -0.05) is 41.9 Å². The minimum absolute atomic E-state index is 0.294. The molecule has 0 fully saturated rings. The number of amides is 1. The summed E-state index contributed by atoms with van der Waals surface area (Å²) in [5.41, 5.74) is 3.87. The van der Waals surface area contributed by atoms with Crippen molar-refractivity contribution in [2.75, 3.05) is 7.05 Å². The zero-order valence-electron chi connectivity index (χ0n) is 16.4. The van der Waals surface area contributed by atoms with E-state index in [-0.39, 0.29) is 11.5 Å². The van der Waals surface area contributed by atoms with Crippen LogP contribution in [-0.2, 0) is 0 Å². The summed E-state index contributed by atoms with van der Waals surface area (Å²) in [7, 11) is 1.57. The van der Waals surface area contributed by atoms with E-state index in [9.17, 15) is 9.59 Å². The predicted octanol–water partition coefficient (Wildman–Crippen LogP) is 4.15. The Kier molecular flexibility index (Phi) is 4.52. The molecule has 31 heavy (non-hydrogen) atoms. The topological polar surface area (TPSA) is 104 Å². The smallest absolute Gasteiger partial charge is 0.252 e. The number of benzene rings is 2. The Morgan fingerprint density at radius 1 is 1.06 bits per heavy atom. The number of rotatable bonds is 3. The molecular weight excluding hydrogens is 414 g/mol. The van der Waals surface area contributed by atoms with Crippen LogP contribution < -0.4 is 10.9 Å². The first-order valence-electron chi connectivity index (χ1n) is 9.54. The molecule has 5 aromatic rings. The summed E-state index contributed by atoms with van der Waals surface area (Å²) in [5, 5.41) is 11.5. The fraction of sp³-hybridized carbons (Fsp3) is 0.0435. The number of pyridine rings is 2. The van der Waals surface area contributed by atoms with Gasteiger partial charge in [0, 0.05) is 35.0 Å². The Morgan fingerprint density at radius 2 is 1.87 bits per heavy atom. The normalized spacial score (nSPS) is 11.2. The Bertz CT molecular complexity index is 1520. The van der Waals surface area contributed by atoms with Crippen molar-refractivity contribution in [1.82, 2.24) is 25.5 Å². The molecule has 2 aromatic carbocycles. The molecule has 7 nitrogen and oxygen atoms in total. The third-order valence-electron chi connectivity index (χ3n) is 5.17. The van der Waals surface area contributed by atoms with E-state index in [1.807, 2.05) is 36.4 Å². The number of nitrogens with one attached hydrogen (secondary N) is 3. The van der Waals surface area contributed by atoms with Gasteiger partial charge in [-0.25, -0.2) is 4.98 Å². The summed E-state index contributed by atoms with van der Waals surface area (Å²) in [6.45, 7) is 0. The van der Waals surface area contributed by atoms with Crippen molar-refractivity contribution in [2.45, 2.75) is 0 Å². The molecule has 0 aliphatic rings. The van der Waals surface area contributed by atoms with Gasteiger partial charge in [0.25, 0.3) is 5.91 Å². The van der Waals surface area contributed by atoms with Crippen molar-refractivity contribution < 1.29 is 4.79 Å². The highest BCUT2D eigenvalue weighted by Crippen LogP contribution is 2.39. The highest BCUT2D eigenvalue weighted by atomic mass is 35.5. The number of hydrogen-bond acceptors (Lipinski definition) is 4. The molecule has 0 saturated carbocycles. The lowest BCUT2D eigenvalue weighted by molar-refractivity contribution is 0.0965. The molecule has 5 rings (SSSR count). The molecule has 0 aliphatic carbocycles. The van der Waals surface area contributed by atoms with Crippen LogP contribution in [0, 0.1) is 0 Å². The van der Waals surface area contributed by atoms with Crippen LogP contribution in [0.2, 0.25) is 5.02 Å². The van der Waals surface area contributed by atoms with E-state index < -0.39 is 0 Å². The van der Waals surface area contributed by atoms with Crippen LogP contribution >= 0.6 is 11.6 Å². The second-order valence-corrected chi connectivity index (χ2v) is 7.44. The van der Waals surface area contributed by atoms with Gasteiger partial charge < -0.3 is 10.3 Å². The molecule has 1 amide bonds. The van der Waals surface area contributed by atoms with Crippen LogP contribution in [0.5, 0.6) is 0 Å². The number of aromatic amines is 2. The predicted molar refractivity (Wildman–Crippen MR) is 121 cm³/mol. The average molecular weight is 430 g/mol. The molecule has 0 unspecified atom stereocenters. The van der Waals surface area contributed by atoms with E-state index in [4.69, 9.17) is 16.6 Å². The Hall–Kier alpha value is -3.97. The molecule has 3 N–H and O–H groups in total. The van der Waals surface area contributed by atoms with Crippen molar-refractivity contribution in [2.24, 2.45) is 0 Å². The molecule has 8 heteroatoms. The summed E-state index contributed by atoms with van der Waals surface area (Å²) < 4.78 is 0. The van der Waals surface area contributed by atoms with Crippen LogP contribution in [0.1, 0.15) is 10.4 Å². The Morgan fingerprint density at radius 3 is 2.65 bits per heavy atom. The Labute approximate surface area is 181 Å². The zero-order chi connectivity index (χ0) is 21.5. The van der Waals surface area contributed by atoms with Crippen LogP contribution in [-0.4, -0.2) is 33.1 Å². The van der Waals surface area contributed by atoms with Gasteiger partial charge in [0.1, 0.15) is 5.65 Å². The van der Waals surface area contributed by atoms with Gasteiger partial charge in [0.2, 0.25) is 5.56 Å². The summed E-state index contributed by atoms with van der Waals surface area (Å²) in [6.07, 6.45) is 1.68. The lowest BCUT2D eigenvalue weighted by Crippen LogP contribution is -2.21. The lowest BCUT2D eigenvalue weighted by Gasteiger charge is -2.17. The maximum absolute atomic E-state index is 13.1. The molecule has 0 spiro atoms. The van der Waals surface area contributed by atoms with E-state index in [0.717, 1.165) is 16.5 Å². The number of nitrogens with zero attached hydrogens (tertiary/aromatic N) is 2. The highest BCUT2D eigenvalue weighted by Gasteiger charge is 2.23. The van der Waals surface area contributed by atoms with Gasteiger partial charge in [0.15, 0.2) is 0 Å². The second-order valence-electron chi connectivity index (χ2n) is 7.03. The molecule has 0 radical (unpaired) electrons. The van der Waals surface area contributed by atoms with Crippen LogP contribution in [0.4, 0.5) is 0 Å². The molecule has 3 heterocycles. The zero-order valence-corrected chi connectivity index (χ0v) is 17.1. The average Bonchev–Trinajstić information content (AvgIpc) is 3.27. The van der Waals surface area contributed by atoms with E-state index in [1.54, 1.807) is 25.4 Å². The lowest BCUT2D eigenvalue weighted by atomic mass is 9.91. The number of aromatic nitrogens is 4. The minimum atomic E-state index is -0.296. The van der Waals surface area contributed by atoms with Gasteiger partial charge >= 0.3 is 0 Å². The summed E-state index contributed by atoms with van der Waals surface area (Å²) in [5.74, 6) is -0.296. The van der Waals surface area contributed by atoms with E-state index >= 15 is 0 Å². The summed E-state index contributed by atoms with van der Waals surface area (Å²) in [6, 6.07) is 16.2. The first kappa shape index (κ1) is 19.0. The number of halogens is 1. The summed E-state index contributed by atoms with van der Waals surface area (Å²) in [4.78, 5) is 32.6. The van der Waals surface area contributed by atoms with Crippen molar-refractivity contribution in [3.05, 3.63) is 81.7 Å². The number of carbonyl (C=O) groups is 1. The monoisotopic (exact) mass is 429 g/mol. The van der Waals surface area contributed by atoms with Gasteiger partial charge in [0.05, 0.1) is 28.0 Å². The molecule has 0 atom stereocenters. The molecule has 3 aromatic heterocycles. The fourth-order valence-corrected chi connectivity index (χ4v) is 4.05. The first-order valence-corrected chi connectivity index (χ1v) is 9.92. The van der Waals surface area contributed by atoms with Crippen LogP contribution in [0.25, 0.3) is 44.3 Å². The van der Waals surface area contributed by atoms with Crippen molar-refractivity contribution in [3.63, 3.8) is 0 Å². The maximum atomic E-state index is 13.1. The quantitative estimate of drug-likeness (QED) is 0.401. The fourth-order valence-electron chi connectivity index (χ4n) is 3.78. The SMILES string of the molecule is CNC(=O)c1c(-c2cc(Cl)c3[nH]ncc3c2)c(-c2ccccc2)nc2[nH]c(=O)ccc12. The molecule has 152 valence electrons. The molecular formula is C23H16ClN5O2. The van der Waals surface area contributed by atoms with Crippen molar-refractivity contribution in [1.29, 1.82) is 0 Å². The van der Waals surface area contributed by atoms with Gasteiger partial charge in [-0.2, -0.15) is 5.10 Å². The van der Waals surface area contributed by atoms with Crippen molar-refractivity contribution >= 4 is 39.4 Å². The third-order valence-corrected chi connectivity index (χ3v) is 5.47. The van der Waals surface area contributed by atoms with Gasteiger partial charge in [-0.15, -0.1) is 0 Å². The van der Waals surface area contributed by atoms with E-state index in [2.05, 4.69) is 20.5 Å². The molecule has 0 aliphatic heterocycles. The maximum Gasteiger partial charge on any atom is 0.252 e. The minimum Gasteiger partial charge on any atom is -0.355 e. The Balaban J connectivity index is 1.98. The van der Waals surface area contributed by atoms with Gasteiger partial charge in [-0.05, 0) is 23.8 Å². The molecule has 0 saturated heterocycles. The highest BCUT2D eigenvalue weighted by molar-refractivity contribution is 6.35. The standard InChI is InChI=1S/C23H16ClN5O2/c1-25-23(31)19-15-7-8-17(30)27-22(15)28-21(12-5-3-2-4-6-12)18(19)13-9-14-11-26-29-20(14)16(24)10-13/h2-11H,1H3,(H,25,31)(H,26,29)(H,27,28,30). The first-order chi connectivity index (χ1) is 15.1. The number of carbonyl (C=O) groups excluding carboxylic acids is 1. The second kappa shape index (κ2) is 7.37. The summed E-state index contributed by atoms with van der Waals surface area (Å²) >= 11 is 6.52. The van der Waals surface area contributed by atoms with Crippen LogP contribution in [0.3, 0.4) is 0 Å². The number of hydrogen-bond donors (Lipinski definition) is 3. The number of H-pyrrole nitrogens is 2.